The van der Waals surface area contributed by atoms with E-state index in [-0.39, 0.29) is 33.8 Å². The molecule has 2 aliphatic heterocycles. The summed E-state index contributed by atoms with van der Waals surface area (Å²) in [7, 11) is 0. The molecule has 442 valence electrons. The average Bonchev–Trinajstić information content (AvgIpc) is 1.63. The minimum absolute atomic E-state index is 0.00129. The van der Waals surface area contributed by atoms with Gasteiger partial charge in [-0.3, -0.25) is 0 Å². The molecule has 5 heterocycles. The van der Waals surface area contributed by atoms with Crippen molar-refractivity contribution in [3.8, 4) is 5.69 Å². The highest BCUT2D eigenvalue weighted by Gasteiger charge is 2.44. The van der Waals surface area contributed by atoms with E-state index in [9.17, 15) is 0 Å². The summed E-state index contributed by atoms with van der Waals surface area (Å²) in [6, 6.07) is 80.3. The normalized spacial score (nSPS) is 13.5. The van der Waals surface area contributed by atoms with Gasteiger partial charge in [0.1, 0.15) is 0 Å². The van der Waals surface area contributed by atoms with Gasteiger partial charge in [0, 0.05) is 76.4 Å². The number of para-hydroxylation sites is 1. The fourth-order valence-electron chi connectivity index (χ4n) is 14.2. The maximum Gasteiger partial charge on any atom is 0.252 e. The summed E-state index contributed by atoms with van der Waals surface area (Å²) in [4.78, 5) is 7.70. The van der Waals surface area contributed by atoms with Crippen LogP contribution in [0.5, 0.6) is 0 Å². The molecule has 89 heavy (non-hydrogen) atoms. The molecule has 0 fully saturated rings. The second kappa shape index (κ2) is 20.1. The first-order valence-electron chi connectivity index (χ1n) is 31.8. The molecule has 0 aliphatic carbocycles. The Kier molecular flexibility index (Phi) is 12.9. The molecular formula is C82H79BN4S2. The van der Waals surface area contributed by atoms with Gasteiger partial charge in [0.15, 0.2) is 0 Å². The summed E-state index contributed by atoms with van der Waals surface area (Å²) in [5.74, 6) is 0. The van der Waals surface area contributed by atoms with Crippen LogP contribution >= 0.6 is 22.7 Å². The first-order chi connectivity index (χ1) is 42.3. The van der Waals surface area contributed by atoms with Gasteiger partial charge in [-0.15, -0.1) is 22.7 Å². The number of hydrogen-bond acceptors (Lipinski definition) is 5. The second-order valence-corrected chi connectivity index (χ2v) is 32.4. The van der Waals surface area contributed by atoms with Crippen LogP contribution in [0.3, 0.4) is 0 Å². The van der Waals surface area contributed by atoms with Gasteiger partial charge in [-0.1, -0.05) is 219 Å². The molecule has 0 atom stereocenters. The molecule has 0 spiro atoms. The summed E-state index contributed by atoms with van der Waals surface area (Å²) in [5.41, 5.74) is 24.5. The zero-order chi connectivity index (χ0) is 62.0. The SMILES string of the molecule is CC(C)(C)c1ccc(N(c2ccc(C(C)(C)C)cc2)c2ccc3c(c2)N(c2cccc4c2sc2cc(C(C)(C)C)ccc24)c2cc(N(c4ccc(C(C)(C)C)cc4)c4ccc(C(C)(C)C)cc4)cc4c2B3c2cccc3c5sc6ccccc6c5n-4c23)cc1. The number of benzene rings is 10. The van der Waals surface area contributed by atoms with Crippen LogP contribution in [-0.4, -0.2) is 11.3 Å². The predicted octanol–water partition coefficient (Wildman–Crippen LogP) is 22.4. The van der Waals surface area contributed by atoms with Crippen molar-refractivity contribution in [3.63, 3.8) is 0 Å². The molecule has 4 nitrogen and oxygen atoms in total. The van der Waals surface area contributed by atoms with E-state index in [2.05, 4.69) is 329 Å². The largest absolute Gasteiger partial charge is 0.310 e. The van der Waals surface area contributed by atoms with E-state index < -0.39 is 0 Å². The van der Waals surface area contributed by atoms with Gasteiger partial charge in [0.05, 0.1) is 31.8 Å². The van der Waals surface area contributed by atoms with E-state index in [0.29, 0.717) is 0 Å². The molecule has 0 saturated heterocycles. The molecule has 10 aromatic carbocycles. The molecule has 13 aromatic rings. The van der Waals surface area contributed by atoms with E-state index in [0.717, 1.165) is 34.1 Å². The molecule has 0 unspecified atom stereocenters. The average molecular weight is 1200 g/mol. The topological polar surface area (TPSA) is 14.7 Å². The van der Waals surface area contributed by atoms with Gasteiger partial charge in [0.2, 0.25) is 0 Å². The first kappa shape index (κ1) is 57.1. The quantitative estimate of drug-likeness (QED) is 0.148. The van der Waals surface area contributed by atoms with Gasteiger partial charge in [-0.2, -0.15) is 0 Å². The van der Waals surface area contributed by atoms with Crippen molar-refractivity contribution in [1.82, 2.24) is 4.57 Å². The zero-order valence-electron chi connectivity index (χ0n) is 54.3. The zero-order valence-corrected chi connectivity index (χ0v) is 55.9. The number of thiophene rings is 2. The van der Waals surface area contributed by atoms with E-state index in [1.165, 1.54) is 118 Å². The van der Waals surface area contributed by atoms with Crippen molar-refractivity contribution >= 4 is 148 Å². The maximum atomic E-state index is 2.69. The van der Waals surface area contributed by atoms with Gasteiger partial charge in [0.25, 0.3) is 6.71 Å². The van der Waals surface area contributed by atoms with E-state index >= 15 is 0 Å². The van der Waals surface area contributed by atoms with Crippen LogP contribution in [-0.2, 0) is 27.1 Å². The van der Waals surface area contributed by atoms with Crippen LogP contribution in [0.15, 0.2) is 206 Å². The van der Waals surface area contributed by atoms with Crippen molar-refractivity contribution in [2.45, 2.75) is 131 Å². The number of hydrogen-bond donors (Lipinski definition) is 0. The van der Waals surface area contributed by atoms with Crippen molar-refractivity contribution < 1.29 is 0 Å². The molecule has 0 amide bonds. The van der Waals surface area contributed by atoms with Crippen molar-refractivity contribution in [3.05, 3.63) is 234 Å². The van der Waals surface area contributed by atoms with Gasteiger partial charge in [-0.05, 0) is 162 Å². The van der Waals surface area contributed by atoms with Gasteiger partial charge >= 0.3 is 0 Å². The third-order valence-corrected chi connectivity index (χ3v) is 21.5. The molecule has 0 bridgehead atoms. The van der Waals surface area contributed by atoms with Crippen LogP contribution in [0.4, 0.5) is 51.2 Å². The Morgan fingerprint density at radius 1 is 0.303 bits per heavy atom. The number of anilines is 9. The standard InChI is InChI=1S/C82H79BN4S2/c1-78(2,3)50-26-35-55(36-27-50)84(56-37-28-51(29-38-56)79(4,5)6)59-43-45-65-68(47-59)86(67-24-19-21-62-61-44-34-54(82(13,14)15)46-72(61)89-76(62)67)69-48-60(85(57-39-30-52(31-40-57)80(7,8)9)58-41-32-53(33-42-58)81(10,11)12)49-70-73(69)83(65)66-23-18-22-64-74(66)87(70)75-63-20-16-17-25-71(63)88-77(64)75/h16-49H,1-15H3. The van der Waals surface area contributed by atoms with Crippen molar-refractivity contribution in [1.29, 1.82) is 0 Å². The molecule has 0 radical (unpaired) electrons. The Morgan fingerprint density at radius 3 is 1.30 bits per heavy atom. The molecule has 15 rings (SSSR count). The Morgan fingerprint density at radius 2 is 0.753 bits per heavy atom. The van der Waals surface area contributed by atoms with Gasteiger partial charge in [-0.25, -0.2) is 0 Å². The number of nitrogens with zero attached hydrogens (tertiary/aromatic N) is 4. The summed E-state index contributed by atoms with van der Waals surface area (Å²) in [5, 5.41) is 5.16. The molecule has 2 aliphatic rings. The van der Waals surface area contributed by atoms with Crippen LogP contribution < -0.4 is 31.1 Å². The molecule has 0 saturated carbocycles. The molecule has 7 heteroatoms. The third-order valence-electron chi connectivity index (χ3n) is 19.2. The molecule has 0 N–H and O–H groups in total. The summed E-state index contributed by atoms with van der Waals surface area (Å²) < 4.78 is 7.89. The number of fused-ring (bicyclic) bond motifs is 12. The summed E-state index contributed by atoms with van der Waals surface area (Å²) >= 11 is 3.86. The lowest BCUT2D eigenvalue weighted by Crippen LogP contribution is -2.60. The van der Waals surface area contributed by atoms with E-state index in [4.69, 9.17) is 0 Å². The van der Waals surface area contributed by atoms with Crippen LogP contribution in [0.2, 0.25) is 0 Å². The fraction of sp³-hybridized carbons (Fsp3) is 0.244. The highest BCUT2D eigenvalue weighted by Crippen LogP contribution is 2.52. The lowest BCUT2D eigenvalue weighted by Gasteiger charge is -2.42. The smallest absolute Gasteiger partial charge is 0.252 e. The molecular weight excluding hydrogens is 1120 g/mol. The highest BCUT2D eigenvalue weighted by molar-refractivity contribution is 7.27. The van der Waals surface area contributed by atoms with Crippen LogP contribution in [0.1, 0.15) is 132 Å². The number of aromatic nitrogens is 1. The Labute approximate surface area is 534 Å². The highest BCUT2D eigenvalue weighted by atomic mass is 32.1. The van der Waals surface area contributed by atoms with Gasteiger partial charge < -0.3 is 19.3 Å². The first-order valence-corrected chi connectivity index (χ1v) is 33.5. The van der Waals surface area contributed by atoms with E-state index in [1.54, 1.807) is 0 Å². The fourth-order valence-corrected chi connectivity index (χ4v) is 16.6. The Balaban J connectivity index is 1.08. The van der Waals surface area contributed by atoms with Crippen molar-refractivity contribution in [2.75, 3.05) is 14.7 Å². The molecule has 3 aromatic heterocycles. The lowest BCUT2D eigenvalue weighted by molar-refractivity contribution is 0.590. The second-order valence-electron chi connectivity index (χ2n) is 30.3. The predicted molar refractivity (Wildman–Crippen MR) is 391 cm³/mol. The third kappa shape index (κ3) is 9.35. The minimum Gasteiger partial charge on any atom is -0.310 e. The number of rotatable bonds is 7. The monoisotopic (exact) mass is 1190 g/mol. The summed E-state index contributed by atoms with van der Waals surface area (Å²) in [6.07, 6.45) is 0. The Hall–Kier alpha value is -8.36. The van der Waals surface area contributed by atoms with E-state index in [1.807, 2.05) is 22.7 Å². The minimum atomic E-state index is -0.0899. The Bertz CT molecular complexity index is 4850. The van der Waals surface area contributed by atoms with Crippen LogP contribution in [0.25, 0.3) is 57.1 Å². The maximum absolute atomic E-state index is 2.69. The lowest BCUT2D eigenvalue weighted by atomic mass is 9.34. The van der Waals surface area contributed by atoms with Crippen LogP contribution in [0, 0.1) is 0 Å². The van der Waals surface area contributed by atoms with Crippen molar-refractivity contribution in [2.24, 2.45) is 0 Å². The summed E-state index contributed by atoms with van der Waals surface area (Å²) in [6.45, 7) is 34.6.